The molecule has 0 fully saturated rings. The van der Waals surface area contributed by atoms with Crippen molar-refractivity contribution in [2.75, 3.05) is 0 Å². The quantitative estimate of drug-likeness (QED) is 0.468. The lowest BCUT2D eigenvalue weighted by atomic mass is 10.1. The molecule has 25 heavy (non-hydrogen) atoms. The van der Waals surface area contributed by atoms with E-state index in [9.17, 15) is 0 Å². The molecule has 124 valence electrons. The standard InChI is InChI=1S/C21H18N2O2/c22-12-14-4-6-16-10-18(24-20(16)8-14)2-1-3-19-11-17-7-5-15(13-23)9-21(17)25-19/h4-13,22-23H,1-3H2. The van der Waals surface area contributed by atoms with Gasteiger partial charge >= 0.3 is 0 Å². The van der Waals surface area contributed by atoms with E-state index >= 15 is 0 Å². The molecule has 2 aromatic carbocycles. The van der Waals surface area contributed by atoms with Crippen molar-refractivity contribution < 1.29 is 8.83 Å². The second-order valence-electron chi connectivity index (χ2n) is 6.16. The van der Waals surface area contributed by atoms with Gasteiger partial charge in [0, 0.05) is 36.0 Å². The SMILES string of the molecule is N=Cc1ccc2cc(CCCc3cc4ccc(C=N)cc4o3)oc2c1. The van der Waals surface area contributed by atoms with Crippen LogP contribution in [0.2, 0.25) is 0 Å². The highest BCUT2D eigenvalue weighted by Crippen LogP contribution is 2.24. The van der Waals surface area contributed by atoms with Gasteiger partial charge in [-0.15, -0.1) is 0 Å². The fraction of sp³-hybridized carbons (Fsp3) is 0.143. The van der Waals surface area contributed by atoms with Crippen LogP contribution in [0.25, 0.3) is 21.9 Å². The zero-order chi connectivity index (χ0) is 17.2. The van der Waals surface area contributed by atoms with E-state index < -0.39 is 0 Å². The van der Waals surface area contributed by atoms with Gasteiger partial charge in [0.2, 0.25) is 0 Å². The first-order valence-electron chi connectivity index (χ1n) is 8.31. The van der Waals surface area contributed by atoms with E-state index in [0.29, 0.717) is 0 Å². The van der Waals surface area contributed by atoms with Crippen LogP contribution in [-0.2, 0) is 12.8 Å². The molecule has 0 unspecified atom stereocenters. The van der Waals surface area contributed by atoms with Gasteiger partial charge in [-0.2, -0.15) is 0 Å². The molecule has 2 aromatic heterocycles. The Morgan fingerprint density at radius 3 is 1.60 bits per heavy atom. The molecule has 0 atom stereocenters. The molecule has 2 N–H and O–H groups in total. The normalized spacial score (nSPS) is 11.2. The Morgan fingerprint density at radius 1 is 0.680 bits per heavy atom. The first-order valence-corrected chi connectivity index (χ1v) is 8.31. The summed E-state index contributed by atoms with van der Waals surface area (Å²) in [6.45, 7) is 0. The number of benzene rings is 2. The van der Waals surface area contributed by atoms with Gasteiger partial charge < -0.3 is 19.7 Å². The average molecular weight is 330 g/mol. The average Bonchev–Trinajstić information content (AvgIpc) is 3.23. The Bertz CT molecular complexity index is 986. The highest BCUT2D eigenvalue weighted by molar-refractivity contribution is 5.87. The second kappa shape index (κ2) is 6.40. The van der Waals surface area contributed by atoms with Gasteiger partial charge in [-0.3, -0.25) is 0 Å². The van der Waals surface area contributed by atoms with E-state index in [1.165, 1.54) is 12.4 Å². The van der Waals surface area contributed by atoms with E-state index in [-0.39, 0.29) is 0 Å². The van der Waals surface area contributed by atoms with Crippen molar-refractivity contribution in [3.8, 4) is 0 Å². The molecular weight excluding hydrogens is 312 g/mol. The van der Waals surface area contributed by atoms with Crippen LogP contribution in [0.1, 0.15) is 29.1 Å². The van der Waals surface area contributed by atoms with Crippen LogP contribution in [0, 0.1) is 10.8 Å². The fourth-order valence-corrected chi connectivity index (χ4v) is 3.07. The summed E-state index contributed by atoms with van der Waals surface area (Å²) >= 11 is 0. The van der Waals surface area contributed by atoms with Crippen molar-refractivity contribution in [2.45, 2.75) is 19.3 Å². The van der Waals surface area contributed by atoms with E-state index in [0.717, 1.165) is 63.8 Å². The monoisotopic (exact) mass is 330 g/mol. The van der Waals surface area contributed by atoms with Crippen molar-refractivity contribution in [3.63, 3.8) is 0 Å². The van der Waals surface area contributed by atoms with Crippen molar-refractivity contribution in [1.29, 1.82) is 10.8 Å². The predicted octanol–water partition coefficient (Wildman–Crippen LogP) is 5.35. The van der Waals surface area contributed by atoms with E-state index in [2.05, 4.69) is 12.1 Å². The molecule has 2 heterocycles. The van der Waals surface area contributed by atoms with Gasteiger partial charge in [0.25, 0.3) is 0 Å². The molecule has 4 nitrogen and oxygen atoms in total. The van der Waals surface area contributed by atoms with Crippen LogP contribution in [0.4, 0.5) is 0 Å². The zero-order valence-electron chi connectivity index (χ0n) is 13.7. The van der Waals surface area contributed by atoms with Gasteiger partial charge in [-0.1, -0.05) is 24.3 Å². The number of aryl methyl sites for hydroxylation is 2. The summed E-state index contributed by atoms with van der Waals surface area (Å²) in [4.78, 5) is 0. The minimum Gasteiger partial charge on any atom is -0.461 e. The van der Waals surface area contributed by atoms with Gasteiger partial charge in [0.05, 0.1) is 0 Å². The molecule has 4 rings (SSSR count). The van der Waals surface area contributed by atoms with Gasteiger partial charge in [-0.05, 0) is 41.8 Å². The smallest absolute Gasteiger partial charge is 0.134 e. The maximum absolute atomic E-state index is 7.31. The second-order valence-corrected chi connectivity index (χ2v) is 6.16. The topological polar surface area (TPSA) is 74.0 Å². The number of rotatable bonds is 6. The van der Waals surface area contributed by atoms with Crippen molar-refractivity contribution in [2.24, 2.45) is 0 Å². The summed E-state index contributed by atoms with van der Waals surface area (Å²) in [7, 11) is 0. The van der Waals surface area contributed by atoms with Crippen LogP contribution >= 0.6 is 0 Å². The van der Waals surface area contributed by atoms with Crippen molar-refractivity contribution >= 4 is 34.4 Å². The molecule has 4 heteroatoms. The number of fused-ring (bicyclic) bond motifs is 2. The lowest BCUT2D eigenvalue weighted by Gasteiger charge is -1.95. The van der Waals surface area contributed by atoms with Crippen LogP contribution in [0.3, 0.4) is 0 Å². The Labute approximate surface area is 145 Å². The lowest BCUT2D eigenvalue weighted by molar-refractivity contribution is 0.510. The molecule has 0 bridgehead atoms. The predicted molar refractivity (Wildman–Crippen MR) is 100 cm³/mol. The molecule has 0 radical (unpaired) electrons. The Balaban J connectivity index is 1.45. The Morgan fingerprint density at radius 2 is 1.16 bits per heavy atom. The van der Waals surface area contributed by atoms with Crippen LogP contribution < -0.4 is 0 Å². The van der Waals surface area contributed by atoms with E-state index in [1.807, 2.05) is 36.4 Å². The number of furan rings is 2. The summed E-state index contributed by atoms with van der Waals surface area (Å²) < 4.78 is 11.8. The maximum Gasteiger partial charge on any atom is 0.134 e. The first-order chi connectivity index (χ1) is 12.2. The molecule has 0 spiro atoms. The lowest BCUT2D eigenvalue weighted by Crippen LogP contribution is -1.86. The highest BCUT2D eigenvalue weighted by Gasteiger charge is 2.07. The molecule has 0 amide bonds. The molecule has 4 aromatic rings. The van der Waals surface area contributed by atoms with Crippen LogP contribution in [0.15, 0.2) is 57.4 Å². The largest absolute Gasteiger partial charge is 0.461 e. The Kier molecular flexibility index (Phi) is 3.94. The van der Waals surface area contributed by atoms with E-state index in [4.69, 9.17) is 19.7 Å². The van der Waals surface area contributed by atoms with Gasteiger partial charge in [0.1, 0.15) is 22.7 Å². The summed E-state index contributed by atoms with van der Waals surface area (Å²) in [6.07, 6.45) is 5.28. The van der Waals surface area contributed by atoms with Crippen molar-refractivity contribution in [3.05, 3.63) is 71.2 Å². The highest BCUT2D eigenvalue weighted by atomic mass is 16.3. The fourth-order valence-electron chi connectivity index (χ4n) is 3.07. The van der Waals surface area contributed by atoms with Crippen LogP contribution in [0.5, 0.6) is 0 Å². The molecule has 0 saturated carbocycles. The van der Waals surface area contributed by atoms with E-state index in [1.54, 1.807) is 0 Å². The molecule has 0 aliphatic carbocycles. The van der Waals surface area contributed by atoms with Crippen LogP contribution in [-0.4, -0.2) is 12.4 Å². The molecule has 0 saturated heterocycles. The zero-order valence-corrected chi connectivity index (χ0v) is 13.7. The van der Waals surface area contributed by atoms with Gasteiger partial charge in [0.15, 0.2) is 0 Å². The van der Waals surface area contributed by atoms with Gasteiger partial charge in [-0.25, -0.2) is 0 Å². The molecule has 0 aliphatic rings. The number of hydrogen-bond acceptors (Lipinski definition) is 4. The first kappa shape index (κ1) is 15.4. The summed E-state index contributed by atoms with van der Waals surface area (Å²) in [5, 5.41) is 16.8. The molecule has 0 aliphatic heterocycles. The Hall–Kier alpha value is -3.14. The number of nitrogens with one attached hydrogen (secondary N) is 2. The molecular formula is C21H18N2O2. The summed E-state index contributed by atoms with van der Waals surface area (Å²) in [6, 6.07) is 15.7. The third kappa shape index (κ3) is 3.11. The summed E-state index contributed by atoms with van der Waals surface area (Å²) in [5.74, 6) is 1.92. The number of hydrogen-bond donors (Lipinski definition) is 2. The minimum absolute atomic E-state index is 0.832. The third-order valence-corrected chi connectivity index (χ3v) is 4.37. The minimum atomic E-state index is 0.832. The van der Waals surface area contributed by atoms with Crippen molar-refractivity contribution in [1.82, 2.24) is 0 Å². The maximum atomic E-state index is 7.31. The summed E-state index contributed by atoms with van der Waals surface area (Å²) in [5.41, 5.74) is 3.36. The third-order valence-electron chi connectivity index (χ3n) is 4.37.